The van der Waals surface area contributed by atoms with Crippen LogP contribution in [0.4, 0.5) is 4.79 Å². The normalized spacial score (nSPS) is 12.2. The summed E-state index contributed by atoms with van der Waals surface area (Å²) in [5, 5.41) is 5.68. The molecule has 0 radical (unpaired) electrons. The van der Waals surface area contributed by atoms with Gasteiger partial charge in [0.2, 0.25) is 5.88 Å². The first-order valence-electron chi connectivity index (χ1n) is 8.29. The van der Waals surface area contributed by atoms with Crippen molar-refractivity contribution in [2.45, 2.75) is 32.5 Å². The second kappa shape index (κ2) is 9.08. The van der Waals surface area contributed by atoms with Gasteiger partial charge in [-0.05, 0) is 45.6 Å². The summed E-state index contributed by atoms with van der Waals surface area (Å²) in [6.07, 6.45) is 3.41. The third kappa shape index (κ3) is 6.11. The molecule has 0 spiro atoms. The van der Waals surface area contributed by atoms with Gasteiger partial charge in [-0.2, -0.15) is 0 Å². The number of pyridine rings is 1. The van der Waals surface area contributed by atoms with Crippen LogP contribution >= 0.6 is 0 Å². The highest BCUT2D eigenvalue weighted by molar-refractivity contribution is 5.73. The van der Waals surface area contributed by atoms with Crippen LogP contribution in [-0.2, 0) is 6.54 Å². The van der Waals surface area contributed by atoms with Crippen LogP contribution in [0.5, 0.6) is 5.88 Å². The molecule has 2 rings (SSSR count). The van der Waals surface area contributed by atoms with E-state index in [-0.39, 0.29) is 18.2 Å². The summed E-state index contributed by atoms with van der Waals surface area (Å²) in [5.74, 6) is 1.39. The number of aromatic nitrogens is 1. The number of carbonyl (C=O) groups is 1. The summed E-state index contributed by atoms with van der Waals surface area (Å²) in [5.41, 5.74) is 0.904. The zero-order chi connectivity index (χ0) is 18.2. The lowest BCUT2D eigenvalue weighted by molar-refractivity contribution is 0.225. The van der Waals surface area contributed by atoms with Crippen molar-refractivity contribution in [1.29, 1.82) is 0 Å². The molecule has 0 bridgehead atoms. The minimum atomic E-state index is -0.235. The van der Waals surface area contributed by atoms with Gasteiger partial charge in [0.05, 0.1) is 18.4 Å². The van der Waals surface area contributed by atoms with E-state index in [1.807, 2.05) is 51.0 Å². The number of hydrogen-bond donors (Lipinski definition) is 2. The van der Waals surface area contributed by atoms with Crippen LogP contribution in [0.2, 0.25) is 0 Å². The third-order valence-electron chi connectivity index (χ3n) is 3.56. The van der Waals surface area contributed by atoms with Crippen molar-refractivity contribution in [3.8, 4) is 5.88 Å². The molecule has 7 heteroatoms. The van der Waals surface area contributed by atoms with E-state index >= 15 is 0 Å². The smallest absolute Gasteiger partial charge is 0.315 e. The highest BCUT2D eigenvalue weighted by Crippen LogP contribution is 2.17. The average Bonchev–Trinajstić information content (AvgIpc) is 3.08. The van der Waals surface area contributed by atoms with Crippen LogP contribution in [0.3, 0.4) is 0 Å². The predicted molar refractivity (Wildman–Crippen MR) is 95.4 cm³/mol. The number of carbonyl (C=O) groups excluding carboxylic acids is 1. The Bertz CT molecular complexity index is 639. The molecule has 0 aliphatic carbocycles. The molecule has 2 aromatic rings. The van der Waals surface area contributed by atoms with Crippen molar-refractivity contribution >= 4 is 6.03 Å². The molecule has 0 saturated carbocycles. The first kappa shape index (κ1) is 18.8. The van der Waals surface area contributed by atoms with E-state index < -0.39 is 0 Å². The minimum absolute atomic E-state index is 0.0186. The Labute approximate surface area is 148 Å². The largest absolute Gasteiger partial charge is 0.475 e. The maximum Gasteiger partial charge on any atom is 0.315 e. The summed E-state index contributed by atoms with van der Waals surface area (Å²) in [4.78, 5) is 18.2. The van der Waals surface area contributed by atoms with E-state index in [2.05, 4.69) is 15.6 Å². The van der Waals surface area contributed by atoms with E-state index in [0.29, 0.717) is 19.0 Å². The number of likely N-dealkylation sites (N-methyl/N-ethyl adjacent to an activating group) is 1. The highest BCUT2D eigenvalue weighted by Gasteiger charge is 2.17. The summed E-state index contributed by atoms with van der Waals surface area (Å²) < 4.78 is 10.9. The topological polar surface area (TPSA) is 79.6 Å². The van der Waals surface area contributed by atoms with Crippen LogP contribution in [0, 0.1) is 0 Å². The summed E-state index contributed by atoms with van der Waals surface area (Å²) in [6.45, 7) is 4.75. The van der Waals surface area contributed by atoms with Gasteiger partial charge in [0.15, 0.2) is 0 Å². The molecule has 136 valence electrons. The van der Waals surface area contributed by atoms with Gasteiger partial charge in [0.25, 0.3) is 0 Å². The van der Waals surface area contributed by atoms with Crippen molar-refractivity contribution in [2.24, 2.45) is 0 Å². The van der Waals surface area contributed by atoms with Crippen LogP contribution in [0.25, 0.3) is 0 Å². The minimum Gasteiger partial charge on any atom is -0.475 e. The number of urea groups is 1. The molecule has 2 amide bonds. The molecular weight excluding hydrogens is 320 g/mol. The van der Waals surface area contributed by atoms with Crippen LogP contribution in [0.15, 0.2) is 41.1 Å². The molecule has 25 heavy (non-hydrogen) atoms. The van der Waals surface area contributed by atoms with Gasteiger partial charge in [-0.15, -0.1) is 0 Å². The fourth-order valence-electron chi connectivity index (χ4n) is 2.28. The molecule has 0 fully saturated rings. The number of ether oxygens (including phenoxy) is 1. The standard InChI is InChI=1S/C18H26N4O3/c1-13(2)25-17-8-7-14(10-19-17)11-20-18(23)21-12-15(22(3)4)16-6-5-9-24-16/h5-10,13,15H,11-12H2,1-4H3,(H2,20,21,23)/t15-/m0/s1. The number of hydrogen-bond acceptors (Lipinski definition) is 5. The maximum absolute atomic E-state index is 12.0. The van der Waals surface area contributed by atoms with Crippen molar-refractivity contribution in [1.82, 2.24) is 20.5 Å². The molecule has 0 saturated heterocycles. The maximum atomic E-state index is 12.0. The van der Waals surface area contributed by atoms with Crippen molar-refractivity contribution in [2.75, 3.05) is 20.6 Å². The second-order valence-electron chi connectivity index (χ2n) is 6.23. The first-order valence-corrected chi connectivity index (χ1v) is 8.29. The van der Waals surface area contributed by atoms with Gasteiger partial charge in [-0.25, -0.2) is 9.78 Å². The van der Waals surface area contributed by atoms with Crippen molar-refractivity contribution in [3.63, 3.8) is 0 Å². The Kier molecular flexibility index (Phi) is 6.82. The zero-order valence-corrected chi connectivity index (χ0v) is 15.2. The molecule has 2 N–H and O–H groups in total. The van der Waals surface area contributed by atoms with Gasteiger partial charge >= 0.3 is 6.03 Å². The molecule has 2 aromatic heterocycles. The van der Waals surface area contributed by atoms with Gasteiger partial charge < -0.3 is 19.8 Å². The molecular formula is C18H26N4O3. The Balaban J connectivity index is 1.78. The number of nitrogens with one attached hydrogen (secondary N) is 2. The van der Waals surface area contributed by atoms with E-state index in [4.69, 9.17) is 9.15 Å². The highest BCUT2D eigenvalue weighted by atomic mass is 16.5. The van der Waals surface area contributed by atoms with E-state index in [0.717, 1.165) is 11.3 Å². The number of nitrogens with zero attached hydrogens (tertiary/aromatic N) is 2. The molecule has 0 aliphatic heterocycles. The van der Waals surface area contributed by atoms with Gasteiger partial charge in [0.1, 0.15) is 5.76 Å². The number of rotatable bonds is 8. The molecule has 2 heterocycles. The summed E-state index contributed by atoms with van der Waals surface area (Å²) in [7, 11) is 3.89. The SMILES string of the molecule is CC(C)Oc1ccc(CNC(=O)NC[C@@H](c2ccco2)N(C)C)cn1. The average molecular weight is 346 g/mol. The quantitative estimate of drug-likeness (QED) is 0.768. The molecule has 0 unspecified atom stereocenters. The number of furan rings is 1. The molecule has 7 nitrogen and oxygen atoms in total. The summed E-state index contributed by atoms with van der Waals surface area (Å²) in [6, 6.07) is 7.17. The van der Waals surface area contributed by atoms with E-state index in [9.17, 15) is 4.79 Å². The monoisotopic (exact) mass is 346 g/mol. The van der Waals surface area contributed by atoms with Gasteiger partial charge in [-0.3, -0.25) is 4.90 Å². The predicted octanol–water partition coefficient (Wildman–Crippen LogP) is 2.56. The lowest BCUT2D eigenvalue weighted by atomic mass is 10.2. The summed E-state index contributed by atoms with van der Waals surface area (Å²) >= 11 is 0. The molecule has 0 aliphatic rings. The Morgan fingerprint density at radius 2 is 2.08 bits per heavy atom. The second-order valence-corrected chi connectivity index (χ2v) is 6.23. The Morgan fingerprint density at radius 3 is 2.64 bits per heavy atom. The Hall–Kier alpha value is -2.54. The Morgan fingerprint density at radius 1 is 1.28 bits per heavy atom. The lowest BCUT2D eigenvalue weighted by Crippen LogP contribution is -2.40. The van der Waals surface area contributed by atoms with Crippen molar-refractivity contribution < 1.29 is 13.9 Å². The van der Waals surface area contributed by atoms with Crippen molar-refractivity contribution in [3.05, 3.63) is 48.0 Å². The van der Waals surface area contributed by atoms with Crippen LogP contribution in [-0.4, -0.2) is 42.7 Å². The lowest BCUT2D eigenvalue weighted by Gasteiger charge is -2.22. The molecule has 1 atom stereocenters. The fraction of sp³-hybridized carbons (Fsp3) is 0.444. The van der Waals surface area contributed by atoms with Crippen LogP contribution < -0.4 is 15.4 Å². The fourth-order valence-corrected chi connectivity index (χ4v) is 2.28. The zero-order valence-electron chi connectivity index (χ0n) is 15.2. The van der Waals surface area contributed by atoms with Gasteiger partial charge in [-0.1, -0.05) is 6.07 Å². The third-order valence-corrected chi connectivity index (χ3v) is 3.56. The first-order chi connectivity index (χ1) is 12.0. The molecule has 0 aromatic carbocycles. The van der Waals surface area contributed by atoms with E-state index in [1.165, 1.54) is 0 Å². The van der Waals surface area contributed by atoms with Crippen LogP contribution in [0.1, 0.15) is 31.2 Å². The van der Waals surface area contributed by atoms with Gasteiger partial charge in [0, 0.05) is 25.4 Å². The van der Waals surface area contributed by atoms with E-state index in [1.54, 1.807) is 18.5 Å². The number of amides is 2.